The first kappa shape index (κ1) is 18.7. The molecular weight excluding hydrogens is 371 g/mol. The average Bonchev–Trinajstić information content (AvgIpc) is 3.00. The van der Waals surface area contributed by atoms with Crippen molar-refractivity contribution < 1.29 is 22.7 Å². The Kier molecular flexibility index (Phi) is 4.97. The van der Waals surface area contributed by atoms with E-state index in [2.05, 4.69) is 15.2 Å². The van der Waals surface area contributed by atoms with Crippen LogP contribution in [0, 0.1) is 5.92 Å². The summed E-state index contributed by atoms with van der Waals surface area (Å²) in [6, 6.07) is 8.75. The van der Waals surface area contributed by atoms with E-state index in [0.29, 0.717) is 17.2 Å². The number of carbonyl (C=O) groups is 1. The number of ether oxygens (including phenoxy) is 1. The number of carbonyl (C=O) groups excluding carboxylic acids is 1. The number of nitrogens with one attached hydrogen (secondary N) is 1. The maximum Gasteiger partial charge on any atom is 0.433 e. The molecule has 3 unspecified atom stereocenters. The average molecular weight is 391 g/mol. The summed E-state index contributed by atoms with van der Waals surface area (Å²) in [6.45, 7) is 3.14. The van der Waals surface area contributed by atoms with Crippen LogP contribution < -0.4 is 10.1 Å². The number of pyridine rings is 1. The third-order valence-electron chi connectivity index (χ3n) is 5.18. The van der Waals surface area contributed by atoms with Gasteiger partial charge in [0.15, 0.2) is 0 Å². The molecule has 1 amide bonds. The Balaban J connectivity index is 1.35. The molecule has 28 heavy (non-hydrogen) atoms. The topological polar surface area (TPSA) is 54.5 Å². The minimum atomic E-state index is -4.48. The van der Waals surface area contributed by atoms with Gasteiger partial charge in [-0.05, 0) is 61.7 Å². The van der Waals surface area contributed by atoms with Crippen molar-refractivity contribution in [3.8, 4) is 11.5 Å². The molecule has 148 valence electrons. The van der Waals surface area contributed by atoms with Gasteiger partial charge in [-0.1, -0.05) is 0 Å². The van der Waals surface area contributed by atoms with E-state index >= 15 is 0 Å². The van der Waals surface area contributed by atoms with Crippen LogP contribution in [0.1, 0.15) is 28.9 Å². The van der Waals surface area contributed by atoms with E-state index < -0.39 is 11.9 Å². The molecular formula is C20H20F3N3O2. The zero-order valence-electron chi connectivity index (χ0n) is 15.1. The van der Waals surface area contributed by atoms with Gasteiger partial charge >= 0.3 is 6.18 Å². The van der Waals surface area contributed by atoms with Gasteiger partial charge in [-0.3, -0.25) is 4.79 Å². The number of amides is 1. The lowest BCUT2D eigenvalue weighted by Gasteiger charge is -2.30. The van der Waals surface area contributed by atoms with Crippen LogP contribution in [-0.4, -0.2) is 41.5 Å². The number of rotatable bonds is 4. The SMILES string of the molecule is O=C(NC1CC2CCN(C2)C1)c1ccc(Oc2ccc(C(F)(F)F)nc2)cc1. The summed E-state index contributed by atoms with van der Waals surface area (Å²) < 4.78 is 43.1. The minimum Gasteiger partial charge on any atom is -0.456 e. The molecule has 1 N–H and O–H groups in total. The Labute approximate surface area is 160 Å². The summed E-state index contributed by atoms with van der Waals surface area (Å²) in [5.74, 6) is 1.15. The number of piperidine rings is 1. The fraction of sp³-hybridized carbons (Fsp3) is 0.400. The molecule has 2 aliphatic heterocycles. The number of halogens is 3. The summed E-state index contributed by atoms with van der Waals surface area (Å²) >= 11 is 0. The molecule has 2 aromatic rings. The first-order chi connectivity index (χ1) is 13.4. The van der Waals surface area contributed by atoms with Crippen LogP contribution in [-0.2, 0) is 6.18 Å². The molecule has 2 saturated heterocycles. The molecule has 2 bridgehead atoms. The Hall–Kier alpha value is -2.61. The Bertz CT molecular complexity index is 825. The van der Waals surface area contributed by atoms with Gasteiger partial charge in [-0.25, -0.2) is 4.98 Å². The first-order valence-corrected chi connectivity index (χ1v) is 9.21. The van der Waals surface area contributed by atoms with Gasteiger partial charge in [-0.2, -0.15) is 13.2 Å². The number of hydrogen-bond donors (Lipinski definition) is 1. The number of aromatic nitrogens is 1. The van der Waals surface area contributed by atoms with Crippen LogP contribution in [0.4, 0.5) is 13.2 Å². The molecule has 4 rings (SSSR count). The van der Waals surface area contributed by atoms with Crippen molar-refractivity contribution in [2.75, 3.05) is 19.6 Å². The molecule has 0 spiro atoms. The number of hydrogen-bond acceptors (Lipinski definition) is 4. The van der Waals surface area contributed by atoms with Crippen molar-refractivity contribution in [2.24, 2.45) is 5.92 Å². The third kappa shape index (κ3) is 4.27. The van der Waals surface area contributed by atoms with Crippen molar-refractivity contribution >= 4 is 5.91 Å². The third-order valence-corrected chi connectivity index (χ3v) is 5.18. The first-order valence-electron chi connectivity index (χ1n) is 9.21. The zero-order valence-corrected chi connectivity index (χ0v) is 15.1. The summed E-state index contributed by atoms with van der Waals surface area (Å²) in [5.41, 5.74) is -0.454. The second-order valence-electron chi connectivity index (χ2n) is 7.32. The van der Waals surface area contributed by atoms with Gasteiger partial charge < -0.3 is 15.0 Å². The highest BCUT2D eigenvalue weighted by Gasteiger charge is 2.33. The minimum absolute atomic E-state index is 0.129. The molecule has 1 aromatic heterocycles. The zero-order chi connectivity index (χ0) is 19.7. The highest BCUT2D eigenvalue weighted by molar-refractivity contribution is 5.94. The maximum atomic E-state index is 12.5. The second-order valence-corrected chi connectivity index (χ2v) is 7.32. The quantitative estimate of drug-likeness (QED) is 0.863. The predicted octanol–water partition coefficient (Wildman–Crippen LogP) is 3.72. The van der Waals surface area contributed by atoms with Crippen LogP contribution in [0.2, 0.25) is 0 Å². The van der Waals surface area contributed by atoms with Crippen LogP contribution >= 0.6 is 0 Å². The van der Waals surface area contributed by atoms with Crippen LogP contribution in [0.5, 0.6) is 11.5 Å². The Morgan fingerprint density at radius 3 is 2.50 bits per heavy atom. The largest absolute Gasteiger partial charge is 0.456 e. The molecule has 8 heteroatoms. The maximum absolute atomic E-state index is 12.5. The van der Waals surface area contributed by atoms with E-state index in [-0.39, 0.29) is 17.7 Å². The standard InChI is InChI=1S/C20H20F3N3O2/c21-20(22,23)18-6-5-17(10-24-18)28-16-3-1-14(2-4-16)19(27)25-15-9-13-7-8-26(11-13)12-15/h1-6,10,13,15H,7-9,11-12H2,(H,25,27). The van der Waals surface area contributed by atoms with Crippen molar-refractivity contribution in [3.05, 3.63) is 53.9 Å². The lowest BCUT2D eigenvalue weighted by molar-refractivity contribution is -0.141. The van der Waals surface area contributed by atoms with E-state index in [1.807, 2.05) is 0 Å². The number of nitrogens with zero attached hydrogens (tertiary/aromatic N) is 2. The molecule has 0 saturated carbocycles. The van der Waals surface area contributed by atoms with E-state index in [1.165, 1.54) is 12.5 Å². The Morgan fingerprint density at radius 1 is 1.11 bits per heavy atom. The lowest BCUT2D eigenvalue weighted by Crippen LogP contribution is -2.46. The molecule has 2 aliphatic rings. The van der Waals surface area contributed by atoms with E-state index in [4.69, 9.17) is 4.74 Å². The lowest BCUT2D eigenvalue weighted by atomic mass is 9.96. The molecule has 3 heterocycles. The predicted molar refractivity (Wildman–Crippen MR) is 96.2 cm³/mol. The van der Waals surface area contributed by atoms with E-state index in [0.717, 1.165) is 38.3 Å². The fourth-order valence-electron chi connectivity index (χ4n) is 3.85. The summed E-state index contributed by atoms with van der Waals surface area (Å²) in [5, 5.41) is 3.09. The number of fused-ring (bicyclic) bond motifs is 2. The highest BCUT2D eigenvalue weighted by Crippen LogP contribution is 2.30. The monoisotopic (exact) mass is 391 g/mol. The van der Waals surface area contributed by atoms with Gasteiger partial charge in [-0.15, -0.1) is 0 Å². The molecule has 0 aliphatic carbocycles. The van der Waals surface area contributed by atoms with E-state index in [9.17, 15) is 18.0 Å². The van der Waals surface area contributed by atoms with Crippen molar-refractivity contribution in [3.63, 3.8) is 0 Å². The molecule has 1 aromatic carbocycles. The second kappa shape index (κ2) is 7.43. The van der Waals surface area contributed by atoms with E-state index in [1.54, 1.807) is 24.3 Å². The molecule has 2 fully saturated rings. The van der Waals surface area contributed by atoms with Crippen LogP contribution in [0.15, 0.2) is 42.6 Å². The number of benzene rings is 1. The van der Waals surface area contributed by atoms with Crippen molar-refractivity contribution in [1.29, 1.82) is 0 Å². The van der Waals surface area contributed by atoms with Crippen LogP contribution in [0.3, 0.4) is 0 Å². The fourth-order valence-corrected chi connectivity index (χ4v) is 3.85. The van der Waals surface area contributed by atoms with Crippen LogP contribution in [0.25, 0.3) is 0 Å². The summed E-state index contributed by atoms with van der Waals surface area (Å²) in [7, 11) is 0. The van der Waals surface area contributed by atoms with Gasteiger partial charge in [0.1, 0.15) is 17.2 Å². The molecule has 0 radical (unpaired) electrons. The van der Waals surface area contributed by atoms with Crippen molar-refractivity contribution in [1.82, 2.24) is 15.2 Å². The smallest absolute Gasteiger partial charge is 0.433 e. The van der Waals surface area contributed by atoms with Gasteiger partial charge in [0, 0.05) is 24.7 Å². The number of alkyl halides is 3. The van der Waals surface area contributed by atoms with Gasteiger partial charge in [0.25, 0.3) is 5.91 Å². The van der Waals surface area contributed by atoms with Gasteiger partial charge in [0.05, 0.1) is 6.20 Å². The molecule has 5 nitrogen and oxygen atoms in total. The van der Waals surface area contributed by atoms with Crippen molar-refractivity contribution in [2.45, 2.75) is 25.1 Å². The Morgan fingerprint density at radius 2 is 1.86 bits per heavy atom. The van der Waals surface area contributed by atoms with Gasteiger partial charge in [0.2, 0.25) is 0 Å². The molecule has 3 atom stereocenters. The summed E-state index contributed by atoms with van der Waals surface area (Å²) in [6.07, 6.45) is -1.24. The summed E-state index contributed by atoms with van der Waals surface area (Å²) in [4.78, 5) is 18.2. The highest BCUT2D eigenvalue weighted by atomic mass is 19.4. The normalized spacial score (nSPS) is 24.0.